The van der Waals surface area contributed by atoms with Gasteiger partial charge in [-0.3, -0.25) is 0 Å². The van der Waals surface area contributed by atoms with Crippen LogP contribution in [0.15, 0.2) is 36.4 Å². The summed E-state index contributed by atoms with van der Waals surface area (Å²) < 4.78 is 0. The lowest BCUT2D eigenvalue weighted by molar-refractivity contribution is 0.155. The molecular formula is C21H29N. The number of piperidine rings is 1. The highest BCUT2D eigenvalue weighted by molar-refractivity contribution is 5.39. The van der Waals surface area contributed by atoms with E-state index in [-0.39, 0.29) is 0 Å². The normalized spacial score (nSPS) is 26.6. The number of fused-ring (bicyclic) bond motifs is 2. The van der Waals surface area contributed by atoms with Gasteiger partial charge in [-0.15, -0.1) is 0 Å². The van der Waals surface area contributed by atoms with Crippen LogP contribution < -0.4 is 0 Å². The van der Waals surface area contributed by atoms with Crippen LogP contribution in [0.2, 0.25) is 0 Å². The Morgan fingerprint density at radius 3 is 2.77 bits per heavy atom. The molecule has 0 bridgehead atoms. The van der Waals surface area contributed by atoms with Gasteiger partial charge in [0.15, 0.2) is 0 Å². The second kappa shape index (κ2) is 6.20. The van der Waals surface area contributed by atoms with Crippen LogP contribution >= 0.6 is 0 Å². The van der Waals surface area contributed by atoms with E-state index in [9.17, 15) is 0 Å². The van der Waals surface area contributed by atoms with Crippen molar-refractivity contribution in [1.82, 2.24) is 4.90 Å². The Morgan fingerprint density at radius 1 is 1.09 bits per heavy atom. The fourth-order valence-electron chi connectivity index (χ4n) is 5.00. The summed E-state index contributed by atoms with van der Waals surface area (Å²) in [7, 11) is 0. The molecule has 1 nitrogen and oxygen atoms in total. The van der Waals surface area contributed by atoms with E-state index >= 15 is 0 Å². The van der Waals surface area contributed by atoms with Crippen LogP contribution in [0.25, 0.3) is 0 Å². The van der Waals surface area contributed by atoms with Crippen molar-refractivity contribution in [3.63, 3.8) is 0 Å². The quantitative estimate of drug-likeness (QED) is 0.727. The minimum absolute atomic E-state index is 0.529. The second-order valence-electron chi connectivity index (χ2n) is 7.69. The summed E-state index contributed by atoms with van der Waals surface area (Å²) in [6.45, 7) is 3.95. The number of aryl methyl sites for hydroxylation is 1. The molecule has 1 aromatic carbocycles. The third-order valence-corrected chi connectivity index (χ3v) is 6.44. The third-order valence-electron chi connectivity index (χ3n) is 6.44. The van der Waals surface area contributed by atoms with E-state index in [1.54, 1.807) is 11.1 Å². The summed E-state index contributed by atoms with van der Waals surface area (Å²) in [5, 5.41) is 0. The highest BCUT2D eigenvalue weighted by Crippen LogP contribution is 2.46. The van der Waals surface area contributed by atoms with E-state index in [2.05, 4.69) is 41.3 Å². The summed E-state index contributed by atoms with van der Waals surface area (Å²) >= 11 is 0. The molecule has 0 saturated carbocycles. The molecule has 1 heteroatoms. The van der Waals surface area contributed by atoms with E-state index in [4.69, 9.17) is 0 Å². The van der Waals surface area contributed by atoms with Crippen molar-refractivity contribution in [2.24, 2.45) is 5.92 Å². The number of allylic oxidation sites excluding steroid dienone is 2. The molecule has 0 amide bonds. The van der Waals surface area contributed by atoms with Gasteiger partial charge in [-0.1, -0.05) is 36.4 Å². The standard InChI is InChI=1S/C21H29N/c1-2-7-18(6-1)8-5-15-22-16-13-21(14-17-22)12-11-19-9-3-4-10-20(19)21/h1,3-4,6,9-10,18H,2,5,7-8,11-17H2. The average Bonchev–Trinajstić information content (AvgIpc) is 3.19. The lowest BCUT2D eigenvalue weighted by Gasteiger charge is -2.40. The predicted molar refractivity (Wildman–Crippen MR) is 93.2 cm³/mol. The molecule has 2 aliphatic carbocycles. The van der Waals surface area contributed by atoms with Gasteiger partial charge >= 0.3 is 0 Å². The molecule has 22 heavy (non-hydrogen) atoms. The first-order valence-corrected chi connectivity index (χ1v) is 9.33. The van der Waals surface area contributed by atoms with Crippen molar-refractivity contribution in [1.29, 1.82) is 0 Å². The average molecular weight is 295 g/mol. The van der Waals surface area contributed by atoms with Gasteiger partial charge < -0.3 is 4.90 Å². The van der Waals surface area contributed by atoms with Crippen LogP contribution in [0.4, 0.5) is 0 Å². The fraction of sp³-hybridized carbons (Fsp3) is 0.619. The van der Waals surface area contributed by atoms with Gasteiger partial charge in [0.25, 0.3) is 0 Å². The van der Waals surface area contributed by atoms with Crippen molar-refractivity contribution in [3.05, 3.63) is 47.5 Å². The Labute approximate surface area is 135 Å². The molecule has 1 heterocycles. The lowest BCUT2D eigenvalue weighted by Crippen LogP contribution is -2.41. The third kappa shape index (κ3) is 2.76. The Morgan fingerprint density at radius 2 is 1.95 bits per heavy atom. The number of rotatable bonds is 4. The highest BCUT2D eigenvalue weighted by atomic mass is 15.1. The molecule has 1 aliphatic heterocycles. The van der Waals surface area contributed by atoms with Gasteiger partial charge in [0.1, 0.15) is 0 Å². The van der Waals surface area contributed by atoms with E-state index < -0.39 is 0 Å². The van der Waals surface area contributed by atoms with Crippen LogP contribution in [0.3, 0.4) is 0 Å². The molecule has 1 aromatic rings. The van der Waals surface area contributed by atoms with Crippen molar-refractivity contribution in [3.8, 4) is 0 Å². The minimum atomic E-state index is 0.529. The zero-order valence-electron chi connectivity index (χ0n) is 13.8. The maximum absolute atomic E-state index is 2.73. The Balaban J connectivity index is 1.29. The van der Waals surface area contributed by atoms with E-state index in [1.807, 2.05) is 0 Å². The molecule has 1 unspecified atom stereocenters. The highest BCUT2D eigenvalue weighted by Gasteiger charge is 2.40. The monoisotopic (exact) mass is 295 g/mol. The van der Waals surface area contributed by atoms with Gasteiger partial charge in [-0.2, -0.15) is 0 Å². The molecule has 3 aliphatic rings. The summed E-state index contributed by atoms with van der Waals surface area (Å²) in [5.41, 5.74) is 3.84. The summed E-state index contributed by atoms with van der Waals surface area (Å²) in [6, 6.07) is 9.22. The number of hydrogen-bond donors (Lipinski definition) is 0. The smallest absolute Gasteiger partial charge is 0.00102 e. The Kier molecular flexibility index (Phi) is 4.09. The molecular weight excluding hydrogens is 266 g/mol. The molecule has 4 rings (SSSR count). The number of likely N-dealkylation sites (tertiary alicyclic amines) is 1. The molecule has 0 N–H and O–H groups in total. The molecule has 1 fully saturated rings. The van der Waals surface area contributed by atoms with Crippen LogP contribution in [0, 0.1) is 5.92 Å². The van der Waals surface area contributed by atoms with Crippen molar-refractivity contribution >= 4 is 0 Å². The summed E-state index contributed by atoms with van der Waals surface area (Å²) in [6.07, 6.45) is 15.8. The lowest BCUT2D eigenvalue weighted by atomic mass is 9.74. The van der Waals surface area contributed by atoms with Gasteiger partial charge in [0.2, 0.25) is 0 Å². The number of nitrogens with zero attached hydrogens (tertiary/aromatic N) is 1. The number of hydrogen-bond acceptors (Lipinski definition) is 1. The summed E-state index contributed by atoms with van der Waals surface area (Å²) in [4.78, 5) is 2.73. The van der Waals surface area contributed by atoms with Gasteiger partial charge in [-0.05, 0) is 93.5 Å². The van der Waals surface area contributed by atoms with E-state index in [0.29, 0.717) is 5.41 Å². The van der Waals surface area contributed by atoms with Crippen LogP contribution in [0.5, 0.6) is 0 Å². The van der Waals surface area contributed by atoms with Gasteiger partial charge in [0.05, 0.1) is 0 Å². The van der Waals surface area contributed by atoms with Crippen molar-refractivity contribution in [2.75, 3.05) is 19.6 Å². The minimum Gasteiger partial charge on any atom is -0.303 e. The van der Waals surface area contributed by atoms with E-state index in [0.717, 1.165) is 5.92 Å². The van der Waals surface area contributed by atoms with E-state index in [1.165, 1.54) is 71.0 Å². The Hall–Kier alpha value is -1.08. The predicted octanol–water partition coefficient (Wildman–Crippen LogP) is 4.71. The zero-order valence-corrected chi connectivity index (χ0v) is 13.8. The molecule has 1 atom stereocenters. The SMILES string of the molecule is C1=CC(CCCN2CCC3(CCc4ccccc43)CC2)CC1. The fourth-order valence-corrected chi connectivity index (χ4v) is 5.00. The molecule has 118 valence electrons. The summed E-state index contributed by atoms with van der Waals surface area (Å²) in [5.74, 6) is 0.887. The molecule has 0 radical (unpaired) electrons. The first-order valence-electron chi connectivity index (χ1n) is 9.33. The first kappa shape index (κ1) is 14.5. The molecule has 1 saturated heterocycles. The molecule has 0 aromatic heterocycles. The Bertz CT molecular complexity index is 537. The van der Waals surface area contributed by atoms with Crippen LogP contribution in [-0.4, -0.2) is 24.5 Å². The topological polar surface area (TPSA) is 3.24 Å². The van der Waals surface area contributed by atoms with Gasteiger partial charge in [-0.25, -0.2) is 0 Å². The van der Waals surface area contributed by atoms with Gasteiger partial charge in [0, 0.05) is 0 Å². The van der Waals surface area contributed by atoms with Crippen LogP contribution in [0.1, 0.15) is 56.1 Å². The maximum atomic E-state index is 2.73. The maximum Gasteiger partial charge on any atom is -0.00102 e. The zero-order chi connectivity index (χ0) is 14.8. The van der Waals surface area contributed by atoms with Crippen LogP contribution in [-0.2, 0) is 11.8 Å². The van der Waals surface area contributed by atoms with Crippen molar-refractivity contribution in [2.45, 2.75) is 56.8 Å². The largest absolute Gasteiger partial charge is 0.303 e. The second-order valence-corrected chi connectivity index (χ2v) is 7.69. The van der Waals surface area contributed by atoms with Crippen molar-refractivity contribution < 1.29 is 0 Å². The molecule has 1 spiro atoms. The first-order chi connectivity index (χ1) is 10.9. The number of benzene rings is 1.